The lowest BCUT2D eigenvalue weighted by Crippen LogP contribution is -2.42. The van der Waals surface area contributed by atoms with Gasteiger partial charge in [-0.05, 0) is 49.0 Å². The largest absolute Gasteiger partial charge is 0.490 e. The van der Waals surface area contributed by atoms with Crippen LogP contribution in [0, 0.1) is 0 Å². The van der Waals surface area contributed by atoms with E-state index in [1.54, 1.807) is 32.5 Å². The van der Waals surface area contributed by atoms with Crippen LogP contribution in [0.4, 0.5) is 13.2 Å². The Labute approximate surface area is 241 Å². The number of nitrogens with zero attached hydrogens (tertiary/aromatic N) is 7. The van der Waals surface area contributed by atoms with Crippen molar-refractivity contribution in [1.82, 2.24) is 19.9 Å². The maximum Gasteiger partial charge on any atom is 0.490 e. The fraction of sp³-hybridized carbons (Fsp3) is 0.565. The maximum atomic E-state index is 12.5. The number of benzene rings is 1. The van der Waals surface area contributed by atoms with Gasteiger partial charge < -0.3 is 15.1 Å². The predicted molar refractivity (Wildman–Crippen MR) is 147 cm³/mol. The number of hydrogen-bond acceptors (Lipinski definition) is 9. The minimum Gasteiger partial charge on any atom is -0.475 e. The number of aliphatic hydroxyl groups is 1. The fourth-order valence-electron chi connectivity index (χ4n) is 3.69. The smallest absolute Gasteiger partial charge is 0.475 e. The van der Waals surface area contributed by atoms with Gasteiger partial charge in [-0.2, -0.15) is 13.2 Å². The third kappa shape index (κ3) is 11.9. The number of likely N-dealkylation sites (tertiary alicyclic amines) is 1. The van der Waals surface area contributed by atoms with E-state index in [0.29, 0.717) is 43.1 Å². The van der Waals surface area contributed by atoms with Crippen LogP contribution in [0.2, 0.25) is 5.02 Å². The highest BCUT2D eigenvalue weighted by Crippen LogP contribution is 2.33. The Balaban J connectivity index is 0.000000708. The first-order valence-electron chi connectivity index (χ1n) is 12.1. The maximum absolute atomic E-state index is 12.5. The predicted octanol–water partition coefficient (Wildman–Crippen LogP) is 5.20. The summed E-state index contributed by atoms with van der Waals surface area (Å²) >= 11 is 5.95. The number of carboxylic acids is 1. The molecule has 11 nitrogen and oxygen atoms in total. The molecule has 3 rings (SSSR count). The molecule has 0 aliphatic carbocycles. The van der Waals surface area contributed by atoms with E-state index in [4.69, 9.17) is 27.0 Å². The summed E-state index contributed by atoms with van der Waals surface area (Å²) in [7, 11) is 3.32. The highest BCUT2D eigenvalue weighted by Gasteiger charge is 2.38. The normalized spacial score (nSPS) is 15.0. The van der Waals surface area contributed by atoms with E-state index in [0.717, 1.165) is 43.1 Å². The molecule has 1 fully saturated rings. The molecule has 0 radical (unpaired) electrons. The molecule has 0 spiro atoms. The number of carboxylic acid groups (broad SMARTS) is 1. The third-order valence-electron chi connectivity index (χ3n) is 5.83. The van der Waals surface area contributed by atoms with Crippen molar-refractivity contribution in [1.29, 1.82) is 0 Å². The molecule has 17 heteroatoms. The second kappa shape index (κ2) is 16.7. The van der Waals surface area contributed by atoms with Gasteiger partial charge in [0.15, 0.2) is 5.78 Å². The molecule has 2 N–H and O–H groups in total. The van der Waals surface area contributed by atoms with Gasteiger partial charge in [0.1, 0.15) is 5.69 Å². The summed E-state index contributed by atoms with van der Waals surface area (Å²) in [6, 6.07) is 7.42. The van der Waals surface area contributed by atoms with E-state index in [9.17, 15) is 23.1 Å². The molecule has 1 aliphatic heterocycles. The molecule has 0 amide bonds. The average molecular weight is 624 g/mol. The van der Waals surface area contributed by atoms with Gasteiger partial charge in [0.2, 0.25) is 0 Å². The zero-order valence-corrected chi connectivity index (χ0v) is 23.7. The van der Waals surface area contributed by atoms with Crippen molar-refractivity contribution in [3.05, 3.63) is 57.2 Å². The Hall–Kier alpha value is -2.49. The lowest BCUT2D eigenvalue weighted by atomic mass is 9.84. The SMILES string of the molecule is O=C(O)C(F)(F)F.[N-]=[N+]=NCCSSCCn1cc(C(=O)CCCN2CCC(O)(c3ccc(Cl)cc3)CC2)nn1. The zero-order chi connectivity index (χ0) is 29.6. The van der Waals surface area contributed by atoms with Crippen LogP contribution in [-0.4, -0.2) is 85.7 Å². The average Bonchev–Trinajstić information content (AvgIpc) is 3.39. The van der Waals surface area contributed by atoms with Crippen molar-refractivity contribution in [2.45, 2.75) is 44.0 Å². The van der Waals surface area contributed by atoms with E-state index in [1.807, 2.05) is 24.3 Å². The number of aryl methyl sites for hydroxylation is 1. The number of ketones is 1. The number of azide groups is 1. The van der Waals surface area contributed by atoms with Gasteiger partial charge in [0, 0.05) is 47.5 Å². The van der Waals surface area contributed by atoms with Gasteiger partial charge in [0.25, 0.3) is 0 Å². The van der Waals surface area contributed by atoms with Crippen molar-refractivity contribution in [3.63, 3.8) is 0 Å². The molecule has 0 unspecified atom stereocenters. The van der Waals surface area contributed by atoms with Gasteiger partial charge in [-0.1, -0.05) is 55.6 Å². The monoisotopic (exact) mass is 623 g/mol. The summed E-state index contributed by atoms with van der Waals surface area (Å²) in [6.45, 7) is 3.56. The molecular weight excluding hydrogens is 595 g/mol. The molecule has 2 heterocycles. The summed E-state index contributed by atoms with van der Waals surface area (Å²) in [4.78, 5) is 26.4. The molecule has 1 aromatic heterocycles. The molecular formula is C23H29ClF3N7O4S2. The van der Waals surface area contributed by atoms with Crippen LogP contribution >= 0.6 is 33.2 Å². The molecule has 0 bridgehead atoms. The van der Waals surface area contributed by atoms with E-state index >= 15 is 0 Å². The van der Waals surface area contributed by atoms with Crippen LogP contribution in [0.15, 0.2) is 35.6 Å². The number of piperidine rings is 1. The lowest BCUT2D eigenvalue weighted by molar-refractivity contribution is -0.192. The number of Topliss-reactive ketones (excluding diaryl/α,β-unsaturated/α-hetero) is 1. The zero-order valence-electron chi connectivity index (χ0n) is 21.3. The number of halogens is 4. The number of hydrogen-bond donors (Lipinski definition) is 2. The van der Waals surface area contributed by atoms with Gasteiger partial charge in [-0.15, -0.1) is 5.10 Å². The molecule has 220 valence electrons. The van der Waals surface area contributed by atoms with Crippen molar-refractivity contribution < 1.29 is 33.0 Å². The Morgan fingerprint density at radius 2 is 1.77 bits per heavy atom. The van der Waals surface area contributed by atoms with Crippen molar-refractivity contribution in [3.8, 4) is 0 Å². The number of alkyl halides is 3. The molecule has 40 heavy (non-hydrogen) atoms. The summed E-state index contributed by atoms with van der Waals surface area (Å²) in [5.41, 5.74) is 8.74. The van der Waals surface area contributed by atoms with Crippen LogP contribution in [0.1, 0.15) is 41.7 Å². The van der Waals surface area contributed by atoms with E-state index in [-0.39, 0.29) is 5.78 Å². The summed E-state index contributed by atoms with van der Waals surface area (Å²) in [5.74, 6) is -1.15. The van der Waals surface area contributed by atoms with E-state index in [1.165, 1.54) is 0 Å². The highest BCUT2D eigenvalue weighted by molar-refractivity contribution is 8.76. The Kier molecular flexibility index (Phi) is 14.1. The number of rotatable bonds is 13. The lowest BCUT2D eigenvalue weighted by Gasteiger charge is -2.38. The topological polar surface area (TPSA) is 157 Å². The van der Waals surface area contributed by atoms with Crippen molar-refractivity contribution >= 4 is 44.9 Å². The summed E-state index contributed by atoms with van der Waals surface area (Å²) in [6.07, 6.45) is -0.860. The Morgan fingerprint density at radius 1 is 1.15 bits per heavy atom. The van der Waals surface area contributed by atoms with Crippen LogP contribution in [0.5, 0.6) is 0 Å². The van der Waals surface area contributed by atoms with Crippen LogP contribution in [0.3, 0.4) is 0 Å². The van der Waals surface area contributed by atoms with Gasteiger partial charge in [-0.3, -0.25) is 9.48 Å². The fourth-order valence-corrected chi connectivity index (χ4v) is 5.63. The van der Waals surface area contributed by atoms with Crippen LogP contribution in [-0.2, 0) is 16.9 Å². The first-order valence-corrected chi connectivity index (χ1v) is 15.0. The number of carbonyl (C=O) groups is 2. The Bertz CT molecular complexity index is 1140. The molecule has 2 aromatic rings. The number of aromatic nitrogens is 3. The first kappa shape index (κ1) is 33.7. The van der Waals surface area contributed by atoms with Gasteiger partial charge in [0.05, 0.1) is 18.3 Å². The van der Waals surface area contributed by atoms with E-state index in [2.05, 4.69) is 25.2 Å². The van der Waals surface area contributed by atoms with Crippen LogP contribution < -0.4 is 0 Å². The molecule has 0 atom stereocenters. The second-order valence-electron chi connectivity index (χ2n) is 8.68. The molecule has 1 saturated heterocycles. The van der Waals surface area contributed by atoms with Crippen LogP contribution in [0.25, 0.3) is 10.4 Å². The first-order chi connectivity index (χ1) is 18.9. The second-order valence-corrected chi connectivity index (χ2v) is 11.8. The minimum atomic E-state index is -5.08. The Morgan fingerprint density at radius 3 is 2.38 bits per heavy atom. The number of carbonyl (C=O) groups excluding carboxylic acids is 1. The third-order valence-corrected chi connectivity index (χ3v) is 8.45. The molecule has 1 aliphatic rings. The van der Waals surface area contributed by atoms with Crippen molar-refractivity contribution in [2.75, 3.05) is 37.7 Å². The molecule has 1 aromatic carbocycles. The summed E-state index contributed by atoms with van der Waals surface area (Å²) < 4.78 is 33.4. The number of aliphatic carboxylic acids is 1. The van der Waals surface area contributed by atoms with Crippen molar-refractivity contribution in [2.24, 2.45) is 5.11 Å². The highest BCUT2D eigenvalue weighted by atomic mass is 35.5. The quantitative estimate of drug-likeness (QED) is 0.0763. The van der Waals surface area contributed by atoms with Gasteiger partial charge >= 0.3 is 12.1 Å². The standard InChI is InChI=1S/C21H28ClN7O2S2.C2HF3O2/c22-18-5-3-17(4-6-18)21(31)7-11-28(12-8-21)10-1-2-20(30)19-16-29(27-25-19)13-15-33-32-14-9-24-26-23;3-2(4,5)1(6)7/h3-6,16,31H,1-2,7-15H2;(H,6,7). The van der Waals surface area contributed by atoms with E-state index < -0.39 is 17.7 Å². The minimum absolute atomic E-state index is 0.00678. The molecule has 0 saturated carbocycles. The summed E-state index contributed by atoms with van der Waals surface area (Å²) in [5, 5.41) is 30.3. The van der Waals surface area contributed by atoms with Gasteiger partial charge in [-0.25, -0.2) is 4.79 Å².